The molecule has 1 aromatic carbocycles. The smallest absolute Gasteiger partial charge is 0.116 e. The quantitative estimate of drug-likeness (QED) is 0.525. The Balaban J connectivity index is 2.57. The van der Waals surface area contributed by atoms with Crippen LogP contribution in [-0.4, -0.2) is 6.34 Å². The van der Waals surface area contributed by atoms with Crippen LogP contribution in [0.2, 0.25) is 0 Å². The van der Waals surface area contributed by atoms with Crippen molar-refractivity contribution in [2.24, 2.45) is 15.0 Å². The first kappa shape index (κ1) is 5.83. The summed E-state index contributed by atoms with van der Waals surface area (Å²) in [6, 6.07) is 3.91. The van der Waals surface area contributed by atoms with Crippen molar-refractivity contribution in [3.63, 3.8) is 0 Å². The third-order valence-corrected chi connectivity index (χ3v) is 2.01. The first-order valence-corrected chi connectivity index (χ1v) is 3.73. The summed E-state index contributed by atoms with van der Waals surface area (Å²) in [6.45, 7) is 0. The van der Waals surface area contributed by atoms with E-state index in [2.05, 4.69) is 15.0 Å². The molecular formula is C9H5N3. The standard InChI is InChI=1S/C9H5N3/c1-2-8-9(12-5-11-8)6-3-4-10-7(1)6/h1-5H. The van der Waals surface area contributed by atoms with Crippen LogP contribution in [-0.2, 0) is 0 Å². The van der Waals surface area contributed by atoms with Crippen LogP contribution in [0.25, 0.3) is 6.08 Å². The van der Waals surface area contributed by atoms with Gasteiger partial charge >= 0.3 is 0 Å². The molecular weight excluding hydrogens is 150 g/mol. The lowest BCUT2D eigenvalue weighted by molar-refractivity contribution is 1.34. The van der Waals surface area contributed by atoms with E-state index in [1.807, 2.05) is 18.2 Å². The summed E-state index contributed by atoms with van der Waals surface area (Å²) in [6.07, 6.45) is 5.34. The molecule has 0 radical (unpaired) electrons. The van der Waals surface area contributed by atoms with Crippen LogP contribution in [0.5, 0.6) is 0 Å². The molecule has 0 aliphatic carbocycles. The minimum absolute atomic E-state index is 0.940. The third kappa shape index (κ3) is 0.580. The molecule has 0 fully saturated rings. The van der Waals surface area contributed by atoms with Crippen LogP contribution in [0.4, 0.5) is 5.69 Å². The van der Waals surface area contributed by atoms with Gasteiger partial charge in [-0.2, -0.15) is 0 Å². The van der Waals surface area contributed by atoms with Gasteiger partial charge in [0.1, 0.15) is 6.34 Å². The maximum atomic E-state index is 4.18. The number of benzene rings is 1. The second-order valence-electron chi connectivity index (χ2n) is 2.68. The van der Waals surface area contributed by atoms with Crippen LogP contribution in [0.1, 0.15) is 5.56 Å². The fraction of sp³-hybridized carbons (Fsp3) is 0. The van der Waals surface area contributed by atoms with Crippen molar-refractivity contribution in [2.45, 2.75) is 0 Å². The van der Waals surface area contributed by atoms with Crippen molar-refractivity contribution in [3.05, 3.63) is 34.6 Å². The van der Waals surface area contributed by atoms with Gasteiger partial charge in [-0.25, -0.2) is 9.98 Å². The average Bonchev–Trinajstić information content (AvgIpc) is 2.71. The SMILES string of the molecule is C1=Cc2c3c(ccc2=N1)=NC=N3. The minimum atomic E-state index is 0.940. The highest BCUT2D eigenvalue weighted by atomic mass is 14.9. The summed E-state index contributed by atoms with van der Waals surface area (Å²) in [5.41, 5.74) is 2.04. The minimum Gasteiger partial charge on any atom is -0.256 e. The van der Waals surface area contributed by atoms with Gasteiger partial charge in [0.25, 0.3) is 0 Å². The van der Waals surface area contributed by atoms with Gasteiger partial charge in [0, 0.05) is 11.8 Å². The maximum Gasteiger partial charge on any atom is 0.116 e. The van der Waals surface area contributed by atoms with E-state index < -0.39 is 0 Å². The Morgan fingerprint density at radius 1 is 1.00 bits per heavy atom. The fourth-order valence-electron chi connectivity index (χ4n) is 1.44. The van der Waals surface area contributed by atoms with E-state index in [9.17, 15) is 0 Å². The molecule has 3 heteroatoms. The third-order valence-electron chi connectivity index (χ3n) is 2.01. The Hall–Kier alpha value is -1.77. The monoisotopic (exact) mass is 155 g/mol. The fourth-order valence-corrected chi connectivity index (χ4v) is 1.44. The molecule has 0 atom stereocenters. The molecule has 2 aliphatic rings. The van der Waals surface area contributed by atoms with Crippen molar-refractivity contribution in [1.82, 2.24) is 0 Å². The van der Waals surface area contributed by atoms with Crippen molar-refractivity contribution in [3.8, 4) is 0 Å². The second-order valence-corrected chi connectivity index (χ2v) is 2.68. The number of nitrogens with zero attached hydrogens (tertiary/aromatic N) is 3. The molecule has 12 heavy (non-hydrogen) atoms. The van der Waals surface area contributed by atoms with Gasteiger partial charge in [-0.3, -0.25) is 4.99 Å². The molecule has 1 aromatic rings. The first-order valence-electron chi connectivity index (χ1n) is 3.73. The molecule has 0 N–H and O–H groups in total. The zero-order chi connectivity index (χ0) is 7.97. The number of hydrogen-bond donors (Lipinski definition) is 0. The largest absolute Gasteiger partial charge is 0.256 e. The molecule has 0 unspecified atom stereocenters. The van der Waals surface area contributed by atoms with Crippen LogP contribution in [0.3, 0.4) is 0 Å². The van der Waals surface area contributed by atoms with E-state index in [0.717, 1.165) is 22.0 Å². The summed E-state index contributed by atoms with van der Waals surface area (Å²) in [4.78, 5) is 12.5. The number of aliphatic imine (C=N–C) groups is 1. The molecule has 2 heterocycles. The summed E-state index contributed by atoms with van der Waals surface area (Å²) < 4.78 is 0. The Morgan fingerprint density at radius 3 is 2.92 bits per heavy atom. The van der Waals surface area contributed by atoms with E-state index in [-0.39, 0.29) is 0 Å². The first-order chi connectivity index (χ1) is 5.95. The molecule has 56 valence electrons. The summed E-state index contributed by atoms with van der Waals surface area (Å²) in [5.74, 6) is 0. The molecule has 2 aliphatic heterocycles. The van der Waals surface area contributed by atoms with Crippen molar-refractivity contribution >= 4 is 18.1 Å². The molecule has 3 nitrogen and oxygen atoms in total. The average molecular weight is 155 g/mol. The van der Waals surface area contributed by atoms with Crippen LogP contribution in [0.15, 0.2) is 33.3 Å². The Morgan fingerprint density at radius 2 is 1.92 bits per heavy atom. The molecule has 3 rings (SSSR count). The number of hydrogen-bond acceptors (Lipinski definition) is 3. The van der Waals surface area contributed by atoms with Crippen LogP contribution >= 0.6 is 0 Å². The molecule has 0 saturated carbocycles. The highest BCUT2D eigenvalue weighted by molar-refractivity contribution is 5.74. The lowest BCUT2D eigenvalue weighted by Gasteiger charge is -1.93. The normalized spacial score (nSPS) is 15.3. The second kappa shape index (κ2) is 1.88. The predicted octanol–water partition coefficient (Wildman–Crippen LogP) is 0.584. The highest BCUT2D eigenvalue weighted by Crippen LogP contribution is 2.15. The van der Waals surface area contributed by atoms with Gasteiger partial charge < -0.3 is 0 Å². The van der Waals surface area contributed by atoms with Gasteiger partial charge in [0.15, 0.2) is 0 Å². The maximum absolute atomic E-state index is 4.18. The van der Waals surface area contributed by atoms with Gasteiger partial charge in [0.2, 0.25) is 0 Å². The molecule has 0 aromatic heterocycles. The highest BCUT2D eigenvalue weighted by Gasteiger charge is 2.08. The van der Waals surface area contributed by atoms with E-state index in [1.54, 1.807) is 12.5 Å². The van der Waals surface area contributed by atoms with E-state index in [0.29, 0.717) is 0 Å². The van der Waals surface area contributed by atoms with Crippen molar-refractivity contribution in [2.75, 3.05) is 0 Å². The zero-order valence-electron chi connectivity index (χ0n) is 6.23. The molecule has 0 spiro atoms. The Labute approximate surface area is 68.5 Å². The van der Waals surface area contributed by atoms with Crippen molar-refractivity contribution in [1.29, 1.82) is 0 Å². The number of rotatable bonds is 0. The van der Waals surface area contributed by atoms with E-state index in [4.69, 9.17) is 0 Å². The molecule has 0 saturated heterocycles. The van der Waals surface area contributed by atoms with Crippen LogP contribution < -0.4 is 10.7 Å². The van der Waals surface area contributed by atoms with Gasteiger partial charge in [0.05, 0.1) is 16.4 Å². The summed E-state index contributed by atoms with van der Waals surface area (Å²) in [7, 11) is 0. The zero-order valence-corrected chi connectivity index (χ0v) is 6.23. The lowest BCUT2D eigenvalue weighted by Crippen LogP contribution is -2.09. The van der Waals surface area contributed by atoms with Crippen LogP contribution in [0, 0.1) is 0 Å². The van der Waals surface area contributed by atoms with Gasteiger partial charge in [-0.05, 0) is 18.2 Å². The Kier molecular flexibility index (Phi) is 0.913. The number of fused-ring (bicyclic) bond motifs is 3. The Bertz CT molecular complexity index is 474. The van der Waals surface area contributed by atoms with Gasteiger partial charge in [-0.1, -0.05) is 0 Å². The predicted molar refractivity (Wildman–Crippen MR) is 45.9 cm³/mol. The van der Waals surface area contributed by atoms with E-state index >= 15 is 0 Å². The lowest BCUT2D eigenvalue weighted by atomic mass is 10.2. The van der Waals surface area contributed by atoms with Gasteiger partial charge in [-0.15, -0.1) is 0 Å². The van der Waals surface area contributed by atoms with E-state index in [1.165, 1.54) is 0 Å². The summed E-state index contributed by atoms with van der Waals surface area (Å²) in [5, 5.41) is 1.93. The van der Waals surface area contributed by atoms with Crippen molar-refractivity contribution < 1.29 is 0 Å². The molecule has 0 amide bonds. The summed E-state index contributed by atoms with van der Waals surface area (Å²) >= 11 is 0. The topological polar surface area (TPSA) is 37.1 Å². The molecule has 0 bridgehead atoms.